The molecule has 1 heterocycles. The molecule has 3 heteroatoms. The second kappa shape index (κ2) is 9.16. The van der Waals surface area contributed by atoms with Crippen molar-refractivity contribution in [3.8, 4) is 40.0 Å². The van der Waals surface area contributed by atoms with Crippen LogP contribution in [0.25, 0.3) is 22.4 Å². The molecule has 1 N–H and O–H groups in total. The molecule has 160 valence electrons. The van der Waals surface area contributed by atoms with E-state index >= 15 is 0 Å². The Kier molecular flexibility index (Phi) is 6.14. The lowest BCUT2D eigenvalue weighted by Crippen LogP contribution is -2.00. The van der Waals surface area contributed by atoms with E-state index in [1.807, 2.05) is 60.8 Å². The Balaban J connectivity index is 1.67. The number of aromatic nitrogens is 1. The van der Waals surface area contributed by atoms with Crippen LogP contribution in [0.5, 0.6) is 11.5 Å². The average Bonchev–Trinajstić information content (AvgIpc) is 3.24. The molecular weight excluding hydrogens is 392 g/mol. The number of hydrogen-bond donors (Lipinski definition) is 1. The van der Waals surface area contributed by atoms with E-state index < -0.39 is 0 Å². The van der Waals surface area contributed by atoms with Crippen LogP contribution in [0.2, 0.25) is 0 Å². The van der Waals surface area contributed by atoms with E-state index in [4.69, 9.17) is 4.74 Å². The van der Waals surface area contributed by atoms with Gasteiger partial charge in [-0.2, -0.15) is 5.26 Å². The molecule has 0 fully saturated rings. The summed E-state index contributed by atoms with van der Waals surface area (Å²) in [7, 11) is 0. The monoisotopic (exact) mass is 420 g/mol. The van der Waals surface area contributed by atoms with Crippen molar-refractivity contribution in [2.45, 2.75) is 39.5 Å². The summed E-state index contributed by atoms with van der Waals surface area (Å²) in [5.74, 6) is 2.49. The van der Waals surface area contributed by atoms with Gasteiger partial charge in [-0.3, -0.25) is 0 Å². The smallest absolute Gasteiger partial charge is 0.134 e. The van der Waals surface area contributed by atoms with Crippen LogP contribution in [0.15, 0.2) is 79.0 Å². The third-order valence-corrected chi connectivity index (χ3v) is 5.76. The number of para-hydroxylation sites is 1. The van der Waals surface area contributed by atoms with Gasteiger partial charge in [0.15, 0.2) is 0 Å². The molecule has 0 radical (unpaired) electrons. The fourth-order valence-electron chi connectivity index (χ4n) is 4.02. The third kappa shape index (κ3) is 4.18. The van der Waals surface area contributed by atoms with Crippen molar-refractivity contribution >= 4 is 0 Å². The maximum absolute atomic E-state index is 9.83. The minimum atomic E-state index is 0.372. The topological polar surface area (TPSA) is 48.8 Å². The molecule has 0 atom stereocenters. The molecule has 0 unspecified atom stereocenters. The Labute approximate surface area is 190 Å². The zero-order valence-corrected chi connectivity index (χ0v) is 19.0. The molecule has 0 saturated carbocycles. The number of ether oxygens (including phenoxy) is 1. The van der Waals surface area contributed by atoms with Crippen LogP contribution in [-0.2, 0) is 0 Å². The molecule has 0 aliphatic heterocycles. The largest absolute Gasteiger partial charge is 0.457 e. The summed E-state index contributed by atoms with van der Waals surface area (Å²) in [5.41, 5.74) is 6.79. The standard InChI is InChI=1S/C29H28N2O/c1-19(2)24-11-8-12-25(20(3)4)29(24)32-23-15-13-22(14-16-23)28-26(17-30)27(18-31-28)21-9-6-5-7-10-21/h5-16,18-20,31H,1-4H3. The van der Waals surface area contributed by atoms with Gasteiger partial charge < -0.3 is 9.72 Å². The van der Waals surface area contributed by atoms with Crippen molar-refractivity contribution in [3.63, 3.8) is 0 Å². The molecule has 0 aliphatic rings. The van der Waals surface area contributed by atoms with Crippen LogP contribution in [-0.4, -0.2) is 4.98 Å². The minimum Gasteiger partial charge on any atom is -0.457 e. The van der Waals surface area contributed by atoms with Gasteiger partial charge in [-0.1, -0.05) is 76.2 Å². The quantitative estimate of drug-likeness (QED) is 0.341. The first-order valence-electron chi connectivity index (χ1n) is 11.1. The second-order valence-corrected chi connectivity index (χ2v) is 8.63. The fourth-order valence-corrected chi connectivity index (χ4v) is 4.02. The van der Waals surface area contributed by atoms with E-state index in [0.717, 1.165) is 33.9 Å². The van der Waals surface area contributed by atoms with Crippen LogP contribution < -0.4 is 4.74 Å². The number of nitriles is 1. The number of H-pyrrole nitrogens is 1. The predicted molar refractivity (Wildman–Crippen MR) is 131 cm³/mol. The van der Waals surface area contributed by atoms with Crippen molar-refractivity contribution in [1.82, 2.24) is 4.98 Å². The van der Waals surface area contributed by atoms with Gasteiger partial charge in [0.1, 0.15) is 17.6 Å². The third-order valence-electron chi connectivity index (χ3n) is 5.76. The van der Waals surface area contributed by atoms with Crippen LogP contribution in [0.1, 0.15) is 56.2 Å². The fraction of sp³-hybridized carbons (Fsp3) is 0.207. The van der Waals surface area contributed by atoms with E-state index in [2.05, 4.69) is 56.9 Å². The van der Waals surface area contributed by atoms with Crippen LogP contribution in [0.3, 0.4) is 0 Å². The van der Waals surface area contributed by atoms with Gasteiger partial charge in [0.25, 0.3) is 0 Å². The number of benzene rings is 3. The highest BCUT2D eigenvalue weighted by atomic mass is 16.5. The van der Waals surface area contributed by atoms with Gasteiger partial charge in [-0.05, 0) is 58.4 Å². The van der Waals surface area contributed by atoms with Gasteiger partial charge in [0.2, 0.25) is 0 Å². The van der Waals surface area contributed by atoms with Crippen LogP contribution in [0, 0.1) is 11.3 Å². The van der Waals surface area contributed by atoms with Gasteiger partial charge in [0.05, 0.1) is 11.3 Å². The zero-order chi connectivity index (χ0) is 22.7. The normalized spacial score (nSPS) is 11.0. The van der Waals surface area contributed by atoms with E-state index in [1.54, 1.807) is 0 Å². The maximum Gasteiger partial charge on any atom is 0.134 e. The summed E-state index contributed by atoms with van der Waals surface area (Å²) in [6, 6.07) is 26.7. The highest BCUT2D eigenvalue weighted by molar-refractivity contribution is 5.80. The molecule has 32 heavy (non-hydrogen) atoms. The molecule has 4 aromatic rings. The van der Waals surface area contributed by atoms with Crippen molar-refractivity contribution < 1.29 is 4.74 Å². The van der Waals surface area contributed by atoms with E-state index in [0.29, 0.717) is 17.4 Å². The van der Waals surface area contributed by atoms with Crippen molar-refractivity contribution in [3.05, 3.63) is 95.7 Å². The first kappa shape index (κ1) is 21.5. The Morgan fingerprint density at radius 3 is 1.94 bits per heavy atom. The molecule has 3 aromatic carbocycles. The summed E-state index contributed by atoms with van der Waals surface area (Å²) in [6.07, 6.45) is 1.90. The molecular formula is C29H28N2O. The first-order chi connectivity index (χ1) is 15.5. The minimum absolute atomic E-state index is 0.372. The summed E-state index contributed by atoms with van der Waals surface area (Å²) in [5, 5.41) is 9.83. The van der Waals surface area contributed by atoms with Crippen molar-refractivity contribution in [2.24, 2.45) is 0 Å². The van der Waals surface area contributed by atoms with Gasteiger partial charge in [-0.15, -0.1) is 0 Å². The van der Waals surface area contributed by atoms with Gasteiger partial charge in [-0.25, -0.2) is 0 Å². The Hall–Kier alpha value is -3.77. The highest BCUT2D eigenvalue weighted by Crippen LogP contribution is 2.38. The number of aromatic amines is 1. The van der Waals surface area contributed by atoms with Crippen molar-refractivity contribution in [1.29, 1.82) is 5.26 Å². The summed E-state index contributed by atoms with van der Waals surface area (Å²) in [6.45, 7) is 8.76. The SMILES string of the molecule is CC(C)c1cccc(C(C)C)c1Oc1ccc(-c2[nH]cc(-c3ccccc3)c2C#N)cc1. The molecule has 4 rings (SSSR count). The maximum atomic E-state index is 9.83. The molecule has 1 aromatic heterocycles. The van der Waals surface area contributed by atoms with Crippen LogP contribution in [0.4, 0.5) is 0 Å². The van der Waals surface area contributed by atoms with Gasteiger partial charge >= 0.3 is 0 Å². The Bertz CT molecular complexity index is 1220. The predicted octanol–water partition coefficient (Wildman–Crippen LogP) is 8.26. The summed E-state index contributed by atoms with van der Waals surface area (Å²) < 4.78 is 6.41. The first-order valence-corrected chi connectivity index (χ1v) is 11.1. The lowest BCUT2D eigenvalue weighted by Gasteiger charge is -2.20. The van der Waals surface area contributed by atoms with Gasteiger partial charge in [0, 0.05) is 11.8 Å². The molecule has 0 saturated heterocycles. The van der Waals surface area contributed by atoms with E-state index in [-0.39, 0.29) is 0 Å². The average molecular weight is 421 g/mol. The molecule has 3 nitrogen and oxygen atoms in total. The number of nitrogens with zero attached hydrogens (tertiary/aromatic N) is 1. The van der Waals surface area contributed by atoms with Crippen molar-refractivity contribution in [2.75, 3.05) is 0 Å². The van der Waals surface area contributed by atoms with E-state index in [1.165, 1.54) is 11.1 Å². The zero-order valence-electron chi connectivity index (χ0n) is 19.0. The number of nitrogens with one attached hydrogen (secondary N) is 1. The summed E-state index contributed by atoms with van der Waals surface area (Å²) in [4.78, 5) is 3.29. The second-order valence-electron chi connectivity index (χ2n) is 8.63. The Morgan fingerprint density at radius 2 is 1.38 bits per heavy atom. The molecule has 0 spiro atoms. The highest BCUT2D eigenvalue weighted by Gasteiger charge is 2.17. The lowest BCUT2D eigenvalue weighted by atomic mass is 9.94. The van der Waals surface area contributed by atoms with E-state index in [9.17, 15) is 5.26 Å². The number of rotatable bonds is 6. The lowest BCUT2D eigenvalue weighted by molar-refractivity contribution is 0.463. The van der Waals surface area contributed by atoms with Crippen LogP contribution >= 0.6 is 0 Å². The summed E-state index contributed by atoms with van der Waals surface area (Å²) >= 11 is 0. The molecule has 0 aliphatic carbocycles. The Morgan fingerprint density at radius 1 is 0.750 bits per heavy atom. The molecule has 0 amide bonds. The molecule has 0 bridgehead atoms. The number of hydrogen-bond acceptors (Lipinski definition) is 2.